The Bertz CT molecular complexity index is 391. The van der Waals surface area contributed by atoms with Gasteiger partial charge in [0, 0.05) is 10.1 Å². The Labute approximate surface area is 99.7 Å². The third-order valence-electron chi connectivity index (χ3n) is 3.48. The molecular weight excluding hydrogens is 218 g/mol. The van der Waals surface area contributed by atoms with Crippen molar-refractivity contribution in [1.29, 1.82) is 0 Å². The second-order valence-electron chi connectivity index (χ2n) is 4.53. The molecule has 3 heteroatoms. The van der Waals surface area contributed by atoms with Crippen molar-refractivity contribution in [3.63, 3.8) is 0 Å². The van der Waals surface area contributed by atoms with Crippen molar-refractivity contribution in [3.05, 3.63) is 29.8 Å². The minimum atomic E-state index is -0.880. The second-order valence-corrected chi connectivity index (χ2v) is 6.17. The van der Waals surface area contributed by atoms with Crippen molar-refractivity contribution in [2.75, 3.05) is 6.54 Å². The molecule has 2 rings (SSSR count). The summed E-state index contributed by atoms with van der Waals surface area (Å²) in [7, 11) is -0.880. The van der Waals surface area contributed by atoms with Gasteiger partial charge in [0.05, 0.1) is 10.8 Å². The van der Waals surface area contributed by atoms with Crippen LogP contribution in [0.15, 0.2) is 29.2 Å². The molecule has 0 radical (unpaired) electrons. The highest BCUT2D eigenvalue weighted by molar-refractivity contribution is 7.85. The summed E-state index contributed by atoms with van der Waals surface area (Å²) < 4.78 is 12.5. The Morgan fingerprint density at radius 2 is 2.12 bits per heavy atom. The molecule has 2 nitrogen and oxygen atoms in total. The van der Waals surface area contributed by atoms with Gasteiger partial charge in [-0.1, -0.05) is 24.6 Å². The summed E-state index contributed by atoms with van der Waals surface area (Å²) in [4.78, 5) is 0.993. The van der Waals surface area contributed by atoms with Gasteiger partial charge in [0.2, 0.25) is 0 Å². The van der Waals surface area contributed by atoms with Gasteiger partial charge in [0.1, 0.15) is 0 Å². The summed E-state index contributed by atoms with van der Waals surface area (Å²) in [5.74, 6) is 0.445. The maximum absolute atomic E-state index is 12.5. The third kappa shape index (κ3) is 2.20. The fraction of sp³-hybridized carbons (Fsp3) is 0.538. The van der Waals surface area contributed by atoms with E-state index in [9.17, 15) is 4.21 Å². The van der Waals surface area contributed by atoms with Crippen LogP contribution in [0.2, 0.25) is 0 Å². The van der Waals surface area contributed by atoms with Crippen molar-refractivity contribution < 1.29 is 4.21 Å². The first-order chi connectivity index (χ1) is 7.74. The first kappa shape index (κ1) is 11.8. The number of rotatable bonds is 3. The zero-order valence-corrected chi connectivity index (χ0v) is 10.5. The first-order valence-corrected chi connectivity index (χ1v) is 7.11. The van der Waals surface area contributed by atoms with E-state index in [0.717, 1.165) is 23.3 Å². The molecule has 3 unspecified atom stereocenters. The highest BCUT2D eigenvalue weighted by Gasteiger charge is 2.31. The van der Waals surface area contributed by atoms with Crippen molar-refractivity contribution >= 4 is 10.8 Å². The molecular formula is C13H19NOS. The third-order valence-corrected chi connectivity index (χ3v) is 5.54. The van der Waals surface area contributed by atoms with Crippen molar-refractivity contribution in [2.24, 2.45) is 11.7 Å². The molecule has 0 spiro atoms. The van der Waals surface area contributed by atoms with Crippen molar-refractivity contribution in [3.8, 4) is 0 Å². The maximum atomic E-state index is 12.5. The number of benzene rings is 1. The standard InChI is InChI=1S/C13H19NOS/c1-10-5-2-3-7-12(10)16(15)13-8-4-6-11(13)9-14/h2-3,5,7,11,13H,4,6,8-9,14H2,1H3. The lowest BCUT2D eigenvalue weighted by molar-refractivity contribution is 0.557. The van der Waals surface area contributed by atoms with Crippen LogP contribution in [0.25, 0.3) is 0 Å². The fourth-order valence-corrected chi connectivity index (χ4v) is 4.40. The molecule has 1 saturated carbocycles. The van der Waals surface area contributed by atoms with E-state index in [4.69, 9.17) is 5.73 Å². The monoisotopic (exact) mass is 237 g/mol. The van der Waals surface area contributed by atoms with Crippen LogP contribution in [0.5, 0.6) is 0 Å². The molecule has 2 N–H and O–H groups in total. The Kier molecular flexibility index (Phi) is 3.77. The highest BCUT2D eigenvalue weighted by Crippen LogP contribution is 2.32. The predicted octanol–water partition coefficient (Wildman–Crippen LogP) is 2.23. The van der Waals surface area contributed by atoms with Gasteiger partial charge in [0.15, 0.2) is 0 Å². The molecule has 0 saturated heterocycles. The van der Waals surface area contributed by atoms with Gasteiger partial charge in [0.25, 0.3) is 0 Å². The number of hydrogen-bond acceptors (Lipinski definition) is 2. The molecule has 0 bridgehead atoms. The minimum Gasteiger partial charge on any atom is -0.330 e. The quantitative estimate of drug-likeness (QED) is 0.876. The molecule has 1 aromatic carbocycles. The van der Waals surface area contributed by atoms with Crippen LogP contribution in [-0.4, -0.2) is 16.0 Å². The summed E-state index contributed by atoms with van der Waals surface area (Å²) in [6.45, 7) is 2.70. The molecule has 1 aliphatic carbocycles. The summed E-state index contributed by atoms with van der Waals surface area (Å²) in [5.41, 5.74) is 6.87. The molecule has 0 aliphatic heterocycles. The van der Waals surface area contributed by atoms with Gasteiger partial charge in [-0.25, -0.2) is 0 Å². The van der Waals surface area contributed by atoms with Crippen LogP contribution in [0.4, 0.5) is 0 Å². The van der Waals surface area contributed by atoms with E-state index in [-0.39, 0.29) is 5.25 Å². The summed E-state index contributed by atoms with van der Waals surface area (Å²) in [6.07, 6.45) is 3.37. The van der Waals surface area contributed by atoms with E-state index in [1.54, 1.807) is 0 Å². The van der Waals surface area contributed by atoms with Gasteiger partial charge in [-0.3, -0.25) is 4.21 Å². The molecule has 0 amide bonds. The molecule has 1 aliphatic rings. The molecule has 0 heterocycles. The number of aryl methyl sites for hydroxylation is 1. The fourth-order valence-electron chi connectivity index (χ4n) is 2.50. The Morgan fingerprint density at radius 1 is 1.38 bits per heavy atom. The largest absolute Gasteiger partial charge is 0.330 e. The smallest absolute Gasteiger partial charge is 0.0566 e. The lowest BCUT2D eigenvalue weighted by atomic mass is 10.1. The SMILES string of the molecule is Cc1ccccc1S(=O)C1CCCC1CN. The van der Waals surface area contributed by atoms with Gasteiger partial charge >= 0.3 is 0 Å². The molecule has 0 aromatic heterocycles. The molecule has 1 aromatic rings. The number of hydrogen-bond donors (Lipinski definition) is 1. The molecule has 88 valence electrons. The molecule has 3 atom stereocenters. The van der Waals surface area contributed by atoms with Gasteiger partial charge < -0.3 is 5.73 Å². The second kappa shape index (κ2) is 5.11. The average Bonchev–Trinajstić information content (AvgIpc) is 2.77. The van der Waals surface area contributed by atoms with Crippen LogP contribution in [-0.2, 0) is 10.8 Å². The van der Waals surface area contributed by atoms with Gasteiger partial charge in [-0.2, -0.15) is 0 Å². The van der Waals surface area contributed by atoms with Crippen LogP contribution in [0.3, 0.4) is 0 Å². The van der Waals surface area contributed by atoms with E-state index in [0.29, 0.717) is 12.5 Å². The number of nitrogens with two attached hydrogens (primary N) is 1. The normalized spacial score (nSPS) is 26.9. The first-order valence-electron chi connectivity index (χ1n) is 5.90. The van der Waals surface area contributed by atoms with E-state index < -0.39 is 10.8 Å². The van der Waals surface area contributed by atoms with Crippen molar-refractivity contribution in [1.82, 2.24) is 0 Å². The summed E-state index contributed by atoms with van der Waals surface area (Å²) in [6, 6.07) is 7.97. The van der Waals surface area contributed by atoms with Crippen LogP contribution >= 0.6 is 0 Å². The highest BCUT2D eigenvalue weighted by atomic mass is 32.2. The lowest BCUT2D eigenvalue weighted by Gasteiger charge is -2.18. The Hall–Kier alpha value is -0.670. The van der Waals surface area contributed by atoms with Gasteiger partial charge in [-0.15, -0.1) is 0 Å². The Balaban J connectivity index is 2.22. The van der Waals surface area contributed by atoms with E-state index in [1.807, 2.05) is 31.2 Å². The topological polar surface area (TPSA) is 43.1 Å². The van der Waals surface area contributed by atoms with E-state index in [1.165, 1.54) is 6.42 Å². The summed E-state index contributed by atoms with van der Waals surface area (Å²) in [5, 5.41) is 0.270. The Morgan fingerprint density at radius 3 is 2.81 bits per heavy atom. The average molecular weight is 237 g/mol. The minimum absolute atomic E-state index is 0.270. The molecule has 1 fully saturated rings. The zero-order valence-electron chi connectivity index (χ0n) is 9.69. The van der Waals surface area contributed by atoms with Crippen LogP contribution in [0.1, 0.15) is 24.8 Å². The van der Waals surface area contributed by atoms with E-state index in [2.05, 4.69) is 0 Å². The van der Waals surface area contributed by atoms with Gasteiger partial charge in [-0.05, 0) is 43.9 Å². The van der Waals surface area contributed by atoms with Crippen molar-refractivity contribution in [2.45, 2.75) is 36.3 Å². The van der Waals surface area contributed by atoms with E-state index >= 15 is 0 Å². The molecule has 16 heavy (non-hydrogen) atoms. The predicted molar refractivity (Wildman–Crippen MR) is 67.8 cm³/mol. The van der Waals surface area contributed by atoms with Crippen LogP contribution in [0, 0.1) is 12.8 Å². The lowest BCUT2D eigenvalue weighted by Crippen LogP contribution is -2.27. The van der Waals surface area contributed by atoms with Crippen LogP contribution < -0.4 is 5.73 Å². The maximum Gasteiger partial charge on any atom is 0.0566 e. The summed E-state index contributed by atoms with van der Waals surface area (Å²) >= 11 is 0. The zero-order chi connectivity index (χ0) is 11.5.